The number of ether oxygens (including phenoxy) is 1. The molecule has 2 aromatic rings. The summed E-state index contributed by atoms with van der Waals surface area (Å²) in [4.78, 5) is 24.2. The summed E-state index contributed by atoms with van der Waals surface area (Å²) >= 11 is 15.2. The molecule has 0 fully saturated rings. The van der Waals surface area contributed by atoms with Crippen molar-refractivity contribution < 1.29 is 14.3 Å². The number of benzene rings is 2. The Kier molecular flexibility index (Phi) is 7.14. The van der Waals surface area contributed by atoms with E-state index < -0.39 is 0 Å². The van der Waals surface area contributed by atoms with Gasteiger partial charge in [0.1, 0.15) is 0 Å². The first kappa shape index (κ1) is 21.5. The molecule has 5 nitrogen and oxygen atoms in total. The fraction of sp³-hybridized carbons (Fsp3) is 0.263. The van der Waals surface area contributed by atoms with Crippen molar-refractivity contribution in [3.8, 4) is 5.75 Å². The van der Waals surface area contributed by atoms with Gasteiger partial charge < -0.3 is 15.4 Å². The highest BCUT2D eigenvalue weighted by Crippen LogP contribution is 2.36. The summed E-state index contributed by atoms with van der Waals surface area (Å²) in [6, 6.07) is 9.75. The molecular formula is C19H19BrCl2N2O3. The van der Waals surface area contributed by atoms with E-state index in [0.717, 1.165) is 0 Å². The second-order valence-corrected chi connectivity index (χ2v) is 8.51. The Bertz CT molecular complexity index is 826. The van der Waals surface area contributed by atoms with Gasteiger partial charge >= 0.3 is 0 Å². The molecule has 27 heavy (non-hydrogen) atoms. The lowest BCUT2D eigenvalue weighted by Crippen LogP contribution is -2.40. The van der Waals surface area contributed by atoms with E-state index in [4.69, 9.17) is 27.9 Å². The fourth-order valence-corrected chi connectivity index (χ4v) is 3.49. The van der Waals surface area contributed by atoms with Crippen LogP contribution >= 0.6 is 39.1 Å². The molecule has 2 aromatic carbocycles. The monoisotopic (exact) mass is 472 g/mol. The van der Waals surface area contributed by atoms with E-state index in [2.05, 4.69) is 26.6 Å². The zero-order chi connectivity index (χ0) is 20.2. The van der Waals surface area contributed by atoms with Crippen molar-refractivity contribution in [1.82, 2.24) is 5.32 Å². The second-order valence-electron chi connectivity index (χ2n) is 6.82. The second kappa shape index (κ2) is 8.95. The van der Waals surface area contributed by atoms with Crippen LogP contribution in [0.2, 0.25) is 10.0 Å². The van der Waals surface area contributed by atoms with Gasteiger partial charge in [-0.1, -0.05) is 23.2 Å². The molecular weight excluding hydrogens is 455 g/mol. The zero-order valence-corrected chi connectivity index (χ0v) is 18.1. The maximum absolute atomic E-state index is 12.1. The average molecular weight is 474 g/mol. The normalized spacial score (nSPS) is 11.0. The molecule has 0 heterocycles. The van der Waals surface area contributed by atoms with Crippen LogP contribution < -0.4 is 15.4 Å². The smallest absolute Gasteiger partial charge is 0.262 e. The highest BCUT2D eigenvalue weighted by Gasteiger charge is 2.15. The number of rotatable bonds is 5. The molecule has 0 aliphatic carbocycles. The number of amides is 2. The van der Waals surface area contributed by atoms with E-state index in [1.165, 1.54) is 6.07 Å². The maximum Gasteiger partial charge on any atom is 0.262 e. The molecule has 0 aliphatic rings. The highest BCUT2D eigenvalue weighted by molar-refractivity contribution is 9.10. The Labute approximate surface area is 176 Å². The predicted octanol–water partition coefficient (Wildman–Crippen LogP) is 5.30. The van der Waals surface area contributed by atoms with Gasteiger partial charge in [-0.3, -0.25) is 9.59 Å². The molecule has 2 amide bonds. The summed E-state index contributed by atoms with van der Waals surface area (Å²) in [5.74, 6) is -0.198. The summed E-state index contributed by atoms with van der Waals surface area (Å²) in [6.07, 6.45) is 0. The lowest BCUT2D eigenvalue weighted by atomic mass is 10.1. The van der Waals surface area contributed by atoms with Gasteiger partial charge in [0.15, 0.2) is 12.4 Å². The SMILES string of the molecule is CC(C)(C)NC(=O)c1ccc(NC(=O)COc2c(Cl)cc(Cl)cc2Br)cc1. The molecule has 0 aromatic heterocycles. The van der Waals surface area contributed by atoms with Crippen molar-refractivity contribution in [3.05, 3.63) is 56.5 Å². The Balaban J connectivity index is 1.94. The van der Waals surface area contributed by atoms with Crippen LogP contribution in [-0.2, 0) is 4.79 Å². The van der Waals surface area contributed by atoms with Gasteiger partial charge in [-0.05, 0) is 73.1 Å². The quantitative estimate of drug-likeness (QED) is 0.618. The van der Waals surface area contributed by atoms with Crippen LogP contribution in [0.3, 0.4) is 0 Å². The summed E-state index contributed by atoms with van der Waals surface area (Å²) in [6.45, 7) is 5.49. The largest absolute Gasteiger partial charge is 0.481 e. The summed E-state index contributed by atoms with van der Waals surface area (Å²) < 4.78 is 6.02. The van der Waals surface area contributed by atoms with Gasteiger partial charge in [-0.25, -0.2) is 0 Å². The Morgan fingerprint density at radius 3 is 2.30 bits per heavy atom. The zero-order valence-electron chi connectivity index (χ0n) is 15.0. The number of nitrogens with one attached hydrogen (secondary N) is 2. The molecule has 0 radical (unpaired) electrons. The summed E-state index contributed by atoms with van der Waals surface area (Å²) in [5, 5.41) is 6.33. The molecule has 8 heteroatoms. The number of halogens is 3. The van der Waals surface area contributed by atoms with E-state index >= 15 is 0 Å². The maximum atomic E-state index is 12.1. The number of carbonyl (C=O) groups is 2. The molecule has 0 saturated heterocycles. The van der Waals surface area contributed by atoms with E-state index in [-0.39, 0.29) is 24.0 Å². The van der Waals surface area contributed by atoms with Crippen LogP contribution in [0.5, 0.6) is 5.75 Å². The lowest BCUT2D eigenvalue weighted by molar-refractivity contribution is -0.118. The molecule has 0 atom stereocenters. The molecule has 0 unspecified atom stereocenters. The van der Waals surface area contributed by atoms with Crippen molar-refractivity contribution in [2.24, 2.45) is 0 Å². The first-order chi connectivity index (χ1) is 12.5. The first-order valence-corrected chi connectivity index (χ1v) is 9.60. The third-order valence-electron chi connectivity index (χ3n) is 3.23. The van der Waals surface area contributed by atoms with E-state index in [0.29, 0.717) is 31.5 Å². The van der Waals surface area contributed by atoms with Crippen LogP contribution in [-0.4, -0.2) is 24.0 Å². The molecule has 0 spiro atoms. The molecule has 2 N–H and O–H groups in total. The van der Waals surface area contributed by atoms with Crippen molar-refractivity contribution in [3.63, 3.8) is 0 Å². The number of hydrogen-bond donors (Lipinski definition) is 2. The van der Waals surface area contributed by atoms with Crippen LogP contribution in [0, 0.1) is 0 Å². The highest BCUT2D eigenvalue weighted by atomic mass is 79.9. The molecule has 144 valence electrons. The van der Waals surface area contributed by atoms with Crippen molar-refractivity contribution in [1.29, 1.82) is 0 Å². The van der Waals surface area contributed by atoms with Crippen LogP contribution in [0.25, 0.3) is 0 Å². The van der Waals surface area contributed by atoms with Gasteiger partial charge in [0, 0.05) is 21.8 Å². The standard InChI is InChI=1S/C19H19BrCl2N2O3/c1-19(2,3)24-18(26)11-4-6-13(7-5-11)23-16(25)10-27-17-14(20)8-12(21)9-15(17)22/h4-9H,10H2,1-3H3,(H,23,25)(H,24,26). The minimum atomic E-state index is -0.361. The molecule has 2 rings (SSSR count). The van der Waals surface area contributed by atoms with Gasteiger partial charge in [0.2, 0.25) is 0 Å². The van der Waals surface area contributed by atoms with Crippen molar-refractivity contribution in [2.75, 3.05) is 11.9 Å². The third kappa shape index (κ3) is 6.72. The predicted molar refractivity (Wildman–Crippen MR) is 112 cm³/mol. The van der Waals surface area contributed by atoms with E-state index in [1.54, 1.807) is 30.3 Å². The number of carbonyl (C=O) groups excluding carboxylic acids is 2. The Morgan fingerprint density at radius 2 is 1.74 bits per heavy atom. The average Bonchev–Trinajstić information content (AvgIpc) is 2.52. The van der Waals surface area contributed by atoms with Crippen LogP contribution in [0.4, 0.5) is 5.69 Å². The molecule has 0 aliphatic heterocycles. The van der Waals surface area contributed by atoms with Crippen molar-refractivity contribution in [2.45, 2.75) is 26.3 Å². The minimum Gasteiger partial charge on any atom is -0.481 e. The summed E-state index contributed by atoms with van der Waals surface area (Å²) in [7, 11) is 0. The first-order valence-electron chi connectivity index (χ1n) is 8.05. The van der Waals surface area contributed by atoms with E-state index in [9.17, 15) is 9.59 Å². The topological polar surface area (TPSA) is 67.4 Å². The van der Waals surface area contributed by atoms with Gasteiger partial charge in [0.05, 0.1) is 9.50 Å². The van der Waals surface area contributed by atoms with Crippen molar-refractivity contribution >= 4 is 56.6 Å². The third-order valence-corrected chi connectivity index (χ3v) is 4.32. The molecule has 0 saturated carbocycles. The van der Waals surface area contributed by atoms with Crippen LogP contribution in [0.15, 0.2) is 40.9 Å². The Morgan fingerprint density at radius 1 is 1.11 bits per heavy atom. The van der Waals surface area contributed by atoms with E-state index in [1.807, 2.05) is 20.8 Å². The van der Waals surface area contributed by atoms with Crippen LogP contribution in [0.1, 0.15) is 31.1 Å². The molecule has 0 bridgehead atoms. The number of anilines is 1. The number of hydrogen-bond acceptors (Lipinski definition) is 3. The van der Waals surface area contributed by atoms with Gasteiger partial charge in [0.25, 0.3) is 11.8 Å². The van der Waals surface area contributed by atoms with Gasteiger partial charge in [-0.15, -0.1) is 0 Å². The minimum absolute atomic E-state index is 0.175. The fourth-order valence-electron chi connectivity index (χ4n) is 2.12. The Hall–Kier alpha value is -1.76. The summed E-state index contributed by atoms with van der Waals surface area (Å²) in [5.41, 5.74) is 0.742. The van der Waals surface area contributed by atoms with Gasteiger partial charge in [-0.2, -0.15) is 0 Å². The lowest BCUT2D eigenvalue weighted by Gasteiger charge is -2.20.